The molecular weight excluding hydrogens is 308 g/mol. The first kappa shape index (κ1) is 17.9. The van der Waals surface area contributed by atoms with Crippen LogP contribution in [0.1, 0.15) is 25.8 Å². The lowest BCUT2D eigenvalue weighted by atomic mass is 10.2. The Morgan fingerprint density at radius 1 is 1.36 bits per heavy atom. The predicted octanol–water partition coefficient (Wildman–Crippen LogP) is 1.69. The minimum Gasteiger partial charge on any atom is -0.496 e. The molecule has 2 atom stereocenters. The molecule has 1 unspecified atom stereocenters. The Balaban J connectivity index is 0.00000242. The van der Waals surface area contributed by atoms with E-state index in [1.165, 1.54) is 0 Å². The lowest BCUT2D eigenvalue weighted by molar-refractivity contribution is -0.122. The second kappa shape index (κ2) is 7.77. The number of para-hydroxylation sites is 1. The van der Waals surface area contributed by atoms with Gasteiger partial charge >= 0.3 is 0 Å². The van der Waals surface area contributed by atoms with Gasteiger partial charge in [-0.15, -0.1) is 12.4 Å². The fourth-order valence-corrected chi connectivity index (χ4v) is 1.76. The van der Waals surface area contributed by atoms with E-state index in [9.17, 15) is 4.79 Å². The van der Waals surface area contributed by atoms with Gasteiger partial charge in [0.2, 0.25) is 17.6 Å². The van der Waals surface area contributed by atoms with Gasteiger partial charge in [-0.2, -0.15) is 4.98 Å². The first-order valence-corrected chi connectivity index (χ1v) is 6.56. The molecule has 1 heterocycles. The monoisotopic (exact) mass is 326 g/mol. The molecule has 0 spiro atoms. The highest BCUT2D eigenvalue weighted by Crippen LogP contribution is 2.27. The molecule has 120 valence electrons. The quantitative estimate of drug-likeness (QED) is 0.866. The van der Waals surface area contributed by atoms with Gasteiger partial charge in [-0.25, -0.2) is 0 Å². The molecule has 0 saturated carbocycles. The Morgan fingerprint density at radius 3 is 2.68 bits per heavy atom. The number of amides is 1. The van der Waals surface area contributed by atoms with Crippen molar-refractivity contribution in [3.63, 3.8) is 0 Å². The summed E-state index contributed by atoms with van der Waals surface area (Å²) in [5.74, 6) is 1.09. The van der Waals surface area contributed by atoms with Gasteiger partial charge in [0.1, 0.15) is 11.8 Å². The molecule has 7 nitrogen and oxygen atoms in total. The van der Waals surface area contributed by atoms with E-state index >= 15 is 0 Å². The number of halogens is 1. The van der Waals surface area contributed by atoms with Crippen LogP contribution < -0.4 is 15.8 Å². The van der Waals surface area contributed by atoms with Gasteiger partial charge in [0.15, 0.2) is 0 Å². The zero-order valence-corrected chi connectivity index (χ0v) is 13.4. The molecule has 22 heavy (non-hydrogen) atoms. The number of aromatic nitrogens is 2. The fraction of sp³-hybridized carbons (Fsp3) is 0.357. The van der Waals surface area contributed by atoms with E-state index < -0.39 is 12.1 Å². The van der Waals surface area contributed by atoms with Crippen molar-refractivity contribution in [3.8, 4) is 17.1 Å². The van der Waals surface area contributed by atoms with Crippen molar-refractivity contribution in [1.82, 2.24) is 15.5 Å². The number of nitrogens with one attached hydrogen (secondary N) is 1. The predicted molar refractivity (Wildman–Crippen MR) is 83.7 cm³/mol. The number of carbonyl (C=O) groups is 1. The summed E-state index contributed by atoms with van der Waals surface area (Å²) in [6.45, 7) is 3.36. The average molecular weight is 327 g/mol. The molecule has 8 heteroatoms. The van der Waals surface area contributed by atoms with Gasteiger partial charge in [0.05, 0.1) is 18.7 Å². The Hall–Kier alpha value is -2.12. The minimum atomic E-state index is -0.593. The molecule has 2 aromatic rings. The van der Waals surface area contributed by atoms with Crippen LogP contribution in [0.3, 0.4) is 0 Å². The maximum Gasteiger partial charge on any atom is 0.249 e. The number of carbonyl (C=O) groups excluding carboxylic acids is 1. The molecule has 0 aliphatic rings. The average Bonchev–Trinajstić information content (AvgIpc) is 2.96. The number of nitrogens with two attached hydrogens (primary N) is 1. The van der Waals surface area contributed by atoms with Crippen LogP contribution in [-0.2, 0) is 4.79 Å². The molecule has 0 aliphatic heterocycles. The van der Waals surface area contributed by atoms with E-state index in [4.69, 9.17) is 15.0 Å². The zero-order chi connectivity index (χ0) is 15.4. The van der Waals surface area contributed by atoms with Gasteiger partial charge in [-0.3, -0.25) is 4.79 Å². The Bertz CT molecular complexity index is 630. The maximum atomic E-state index is 11.6. The Kier molecular flexibility index (Phi) is 6.33. The van der Waals surface area contributed by atoms with Crippen molar-refractivity contribution in [2.24, 2.45) is 5.73 Å². The van der Waals surface area contributed by atoms with E-state index in [1.54, 1.807) is 21.0 Å². The molecule has 0 bridgehead atoms. The third-order valence-corrected chi connectivity index (χ3v) is 2.93. The number of nitrogens with zero attached hydrogens (tertiary/aromatic N) is 2. The Labute approximate surface area is 134 Å². The topological polar surface area (TPSA) is 103 Å². The molecule has 0 fully saturated rings. The van der Waals surface area contributed by atoms with E-state index in [0.29, 0.717) is 17.5 Å². The van der Waals surface area contributed by atoms with Crippen molar-refractivity contribution in [2.75, 3.05) is 7.11 Å². The number of methoxy groups -OCH3 is 1. The normalized spacial score (nSPS) is 12.9. The summed E-state index contributed by atoms with van der Waals surface area (Å²) in [5.41, 5.74) is 6.22. The SMILES string of the molecule is COc1ccccc1-c1noc(C(C)NC(=O)[C@H](C)N)n1.Cl. The summed E-state index contributed by atoms with van der Waals surface area (Å²) in [6.07, 6.45) is 0. The molecule has 1 amide bonds. The smallest absolute Gasteiger partial charge is 0.249 e. The van der Waals surface area contributed by atoms with Crippen molar-refractivity contribution >= 4 is 18.3 Å². The van der Waals surface area contributed by atoms with Crippen LogP contribution in [0.15, 0.2) is 28.8 Å². The standard InChI is InChI=1S/C14H18N4O3.ClH/c1-8(15)13(19)16-9(2)14-17-12(18-21-14)10-6-4-5-7-11(10)20-3;/h4-9H,15H2,1-3H3,(H,16,19);1H/t8-,9?;/m0./s1. The summed E-state index contributed by atoms with van der Waals surface area (Å²) in [5, 5.41) is 6.62. The van der Waals surface area contributed by atoms with Crippen LogP contribution in [-0.4, -0.2) is 29.2 Å². The van der Waals surface area contributed by atoms with Crippen LogP contribution >= 0.6 is 12.4 Å². The van der Waals surface area contributed by atoms with Gasteiger partial charge in [0.25, 0.3) is 0 Å². The highest BCUT2D eigenvalue weighted by molar-refractivity contribution is 5.85. The molecule has 2 rings (SSSR count). The molecule has 0 radical (unpaired) electrons. The summed E-state index contributed by atoms with van der Waals surface area (Å²) in [4.78, 5) is 15.8. The summed E-state index contributed by atoms with van der Waals surface area (Å²) >= 11 is 0. The molecule has 0 saturated heterocycles. The summed E-state index contributed by atoms with van der Waals surface area (Å²) in [6, 6.07) is 6.35. The van der Waals surface area contributed by atoms with E-state index in [0.717, 1.165) is 5.56 Å². The second-order valence-electron chi connectivity index (χ2n) is 4.68. The van der Waals surface area contributed by atoms with Crippen molar-refractivity contribution in [1.29, 1.82) is 0 Å². The summed E-state index contributed by atoms with van der Waals surface area (Å²) in [7, 11) is 1.57. The van der Waals surface area contributed by atoms with E-state index in [-0.39, 0.29) is 18.3 Å². The first-order chi connectivity index (χ1) is 10.0. The number of hydrogen-bond donors (Lipinski definition) is 2. The van der Waals surface area contributed by atoms with Crippen LogP contribution in [0, 0.1) is 0 Å². The highest BCUT2D eigenvalue weighted by atomic mass is 35.5. The first-order valence-electron chi connectivity index (χ1n) is 6.56. The van der Waals surface area contributed by atoms with Gasteiger partial charge in [0, 0.05) is 0 Å². The van der Waals surface area contributed by atoms with Crippen LogP contribution in [0.4, 0.5) is 0 Å². The third kappa shape index (κ3) is 3.96. The maximum absolute atomic E-state index is 11.6. The van der Waals surface area contributed by atoms with Crippen molar-refractivity contribution in [2.45, 2.75) is 25.9 Å². The van der Waals surface area contributed by atoms with Crippen molar-refractivity contribution < 1.29 is 14.1 Å². The van der Waals surface area contributed by atoms with E-state index in [2.05, 4.69) is 15.5 Å². The Morgan fingerprint density at radius 2 is 2.05 bits per heavy atom. The van der Waals surface area contributed by atoms with Crippen LogP contribution in [0.5, 0.6) is 5.75 Å². The molecule has 3 N–H and O–H groups in total. The van der Waals surface area contributed by atoms with Crippen molar-refractivity contribution in [3.05, 3.63) is 30.2 Å². The van der Waals surface area contributed by atoms with Gasteiger partial charge in [-0.1, -0.05) is 17.3 Å². The summed E-state index contributed by atoms with van der Waals surface area (Å²) < 4.78 is 10.4. The largest absolute Gasteiger partial charge is 0.496 e. The molecule has 1 aromatic heterocycles. The highest BCUT2D eigenvalue weighted by Gasteiger charge is 2.19. The molecule has 0 aliphatic carbocycles. The van der Waals surface area contributed by atoms with Gasteiger partial charge in [-0.05, 0) is 26.0 Å². The van der Waals surface area contributed by atoms with Gasteiger partial charge < -0.3 is 20.3 Å². The third-order valence-electron chi connectivity index (χ3n) is 2.93. The number of ether oxygens (including phenoxy) is 1. The molecular formula is C14H19ClN4O3. The number of hydrogen-bond acceptors (Lipinski definition) is 6. The number of benzene rings is 1. The van der Waals surface area contributed by atoms with Crippen LogP contribution in [0.2, 0.25) is 0 Å². The zero-order valence-electron chi connectivity index (χ0n) is 12.6. The van der Waals surface area contributed by atoms with Crippen LogP contribution in [0.25, 0.3) is 11.4 Å². The lowest BCUT2D eigenvalue weighted by Gasteiger charge is -2.11. The molecule has 1 aromatic carbocycles. The minimum absolute atomic E-state index is 0. The lowest BCUT2D eigenvalue weighted by Crippen LogP contribution is -2.39. The number of rotatable bonds is 5. The second-order valence-corrected chi connectivity index (χ2v) is 4.68. The van der Waals surface area contributed by atoms with E-state index in [1.807, 2.05) is 24.3 Å². The fourth-order valence-electron chi connectivity index (χ4n) is 1.76.